The van der Waals surface area contributed by atoms with Gasteiger partial charge in [0.05, 0.1) is 6.54 Å². The van der Waals surface area contributed by atoms with E-state index in [-0.39, 0.29) is 6.42 Å². The van der Waals surface area contributed by atoms with E-state index in [9.17, 15) is 13.2 Å². The summed E-state index contributed by atoms with van der Waals surface area (Å²) < 4.78 is 37.0. The van der Waals surface area contributed by atoms with Gasteiger partial charge in [-0.2, -0.15) is 18.3 Å². The normalized spacial score (nSPS) is 12.0. The fraction of sp³-hybridized carbons (Fsp3) is 0.778. The molecule has 1 heterocycles. The van der Waals surface area contributed by atoms with Crippen LogP contribution < -0.4 is 5.32 Å². The van der Waals surface area contributed by atoms with Gasteiger partial charge in [-0.05, 0) is 19.4 Å². The maximum absolute atomic E-state index is 11.8. The van der Waals surface area contributed by atoms with E-state index in [4.69, 9.17) is 0 Å². The molecule has 0 aliphatic rings. The average molecular weight is 236 g/mol. The van der Waals surface area contributed by atoms with Crippen molar-refractivity contribution in [3.63, 3.8) is 0 Å². The molecule has 0 unspecified atom stereocenters. The van der Waals surface area contributed by atoms with E-state index in [0.717, 1.165) is 5.82 Å². The van der Waals surface area contributed by atoms with Crippen LogP contribution in [0.15, 0.2) is 6.33 Å². The highest BCUT2D eigenvalue weighted by Crippen LogP contribution is 2.21. The van der Waals surface area contributed by atoms with Gasteiger partial charge in [-0.25, -0.2) is 4.98 Å². The zero-order chi connectivity index (χ0) is 12.0. The standard InChI is InChI=1S/C9H15F3N4/c1-16-8(14-7-15-16)6-13-5-3-2-4-9(10,11)12/h7,13H,2-6H2,1H3. The van der Waals surface area contributed by atoms with Crippen LogP contribution in [0.1, 0.15) is 25.1 Å². The molecule has 1 aromatic rings. The van der Waals surface area contributed by atoms with E-state index in [1.165, 1.54) is 6.33 Å². The van der Waals surface area contributed by atoms with E-state index in [2.05, 4.69) is 15.4 Å². The van der Waals surface area contributed by atoms with Gasteiger partial charge in [0.1, 0.15) is 12.2 Å². The second-order valence-corrected chi connectivity index (χ2v) is 3.55. The van der Waals surface area contributed by atoms with Crippen molar-refractivity contribution >= 4 is 0 Å². The molecule has 0 aliphatic heterocycles. The van der Waals surface area contributed by atoms with E-state index >= 15 is 0 Å². The zero-order valence-corrected chi connectivity index (χ0v) is 9.09. The van der Waals surface area contributed by atoms with Crippen LogP contribution >= 0.6 is 0 Å². The lowest BCUT2D eigenvalue weighted by atomic mass is 10.2. The SMILES string of the molecule is Cn1ncnc1CNCCCCC(F)(F)F. The Hall–Kier alpha value is -1.11. The van der Waals surface area contributed by atoms with E-state index < -0.39 is 12.6 Å². The van der Waals surface area contributed by atoms with Crippen molar-refractivity contribution in [2.75, 3.05) is 6.54 Å². The van der Waals surface area contributed by atoms with Crippen LogP contribution in [-0.2, 0) is 13.6 Å². The lowest BCUT2D eigenvalue weighted by molar-refractivity contribution is -0.135. The summed E-state index contributed by atoms with van der Waals surface area (Å²) in [6.45, 7) is 1.09. The van der Waals surface area contributed by atoms with Gasteiger partial charge in [-0.15, -0.1) is 0 Å². The summed E-state index contributed by atoms with van der Waals surface area (Å²) in [6, 6.07) is 0. The number of rotatable bonds is 6. The van der Waals surface area contributed by atoms with Crippen molar-refractivity contribution in [2.45, 2.75) is 32.0 Å². The first kappa shape index (κ1) is 13.0. The Morgan fingerprint density at radius 3 is 2.69 bits per heavy atom. The van der Waals surface area contributed by atoms with Crippen LogP contribution in [0.3, 0.4) is 0 Å². The summed E-state index contributed by atoms with van der Waals surface area (Å²) >= 11 is 0. The van der Waals surface area contributed by atoms with E-state index in [1.54, 1.807) is 11.7 Å². The first-order valence-corrected chi connectivity index (χ1v) is 5.09. The summed E-state index contributed by atoms with van der Waals surface area (Å²) in [7, 11) is 1.77. The molecule has 0 saturated heterocycles. The Morgan fingerprint density at radius 1 is 1.38 bits per heavy atom. The first-order valence-electron chi connectivity index (χ1n) is 5.09. The van der Waals surface area contributed by atoms with E-state index in [1.807, 2.05) is 0 Å². The second kappa shape index (κ2) is 5.83. The summed E-state index contributed by atoms with van der Waals surface area (Å²) in [5.41, 5.74) is 0. The minimum absolute atomic E-state index is 0.162. The molecule has 16 heavy (non-hydrogen) atoms. The van der Waals surface area contributed by atoms with Gasteiger partial charge in [0.25, 0.3) is 0 Å². The van der Waals surface area contributed by atoms with Gasteiger partial charge in [0.2, 0.25) is 0 Å². The average Bonchev–Trinajstić information content (AvgIpc) is 2.56. The van der Waals surface area contributed by atoms with Crippen molar-refractivity contribution in [3.05, 3.63) is 12.2 Å². The molecular weight excluding hydrogens is 221 g/mol. The molecule has 0 aliphatic carbocycles. The molecule has 1 N–H and O–H groups in total. The molecule has 7 heteroatoms. The van der Waals surface area contributed by atoms with Crippen molar-refractivity contribution in [3.8, 4) is 0 Å². The molecule has 0 bridgehead atoms. The zero-order valence-electron chi connectivity index (χ0n) is 9.09. The van der Waals surface area contributed by atoms with Gasteiger partial charge in [-0.3, -0.25) is 4.68 Å². The third-order valence-electron chi connectivity index (χ3n) is 2.15. The van der Waals surface area contributed by atoms with Crippen molar-refractivity contribution in [1.82, 2.24) is 20.1 Å². The number of nitrogens with one attached hydrogen (secondary N) is 1. The Kier molecular flexibility index (Phi) is 4.72. The maximum atomic E-state index is 11.8. The Morgan fingerprint density at radius 2 is 2.12 bits per heavy atom. The van der Waals surface area contributed by atoms with Crippen LogP contribution in [0, 0.1) is 0 Å². The van der Waals surface area contributed by atoms with Gasteiger partial charge < -0.3 is 5.32 Å². The number of unbranched alkanes of at least 4 members (excludes halogenated alkanes) is 1. The molecule has 0 aromatic carbocycles. The lowest BCUT2D eigenvalue weighted by Gasteiger charge is -2.06. The number of alkyl halides is 3. The van der Waals surface area contributed by atoms with Crippen LogP contribution in [0.4, 0.5) is 13.2 Å². The summed E-state index contributed by atoms with van der Waals surface area (Å²) in [5, 5.41) is 6.90. The Balaban J connectivity index is 2.03. The largest absolute Gasteiger partial charge is 0.389 e. The molecule has 0 amide bonds. The Bertz CT molecular complexity index is 308. The quantitative estimate of drug-likeness (QED) is 0.763. The van der Waals surface area contributed by atoms with Gasteiger partial charge in [0, 0.05) is 13.5 Å². The highest BCUT2D eigenvalue weighted by atomic mass is 19.4. The number of nitrogens with zero attached hydrogens (tertiary/aromatic N) is 3. The second-order valence-electron chi connectivity index (χ2n) is 3.55. The number of halogens is 3. The van der Waals surface area contributed by atoms with Crippen molar-refractivity contribution in [2.24, 2.45) is 7.05 Å². The molecule has 0 radical (unpaired) electrons. The minimum atomic E-state index is -4.04. The number of aromatic nitrogens is 3. The van der Waals surface area contributed by atoms with Crippen molar-refractivity contribution < 1.29 is 13.2 Å². The predicted octanol–water partition coefficient (Wildman–Crippen LogP) is 1.64. The van der Waals surface area contributed by atoms with Crippen LogP contribution in [0.2, 0.25) is 0 Å². The molecule has 1 rings (SSSR count). The molecule has 0 saturated carbocycles. The summed E-state index contributed by atoms with van der Waals surface area (Å²) in [6.07, 6.45) is -2.63. The third-order valence-corrected chi connectivity index (χ3v) is 2.15. The molecule has 0 atom stereocenters. The molecule has 1 aromatic heterocycles. The lowest BCUT2D eigenvalue weighted by Crippen LogP contribution is -2.18. The molecule has 4 nitrogen and oxygen atoms in total. The monoisotopic (exact) mass is 236 g/mol. The van der Waals surface area contributed by atoms with Crippen molar-refractivity contribution in [1.29, 1.82) is 0 Å². The minimum Gasteiger partial charge on any atom is -0.310 e. The smallest absolute Gasteiger partial charge is 0.310 e. The maximum Gasteiger partial charge on any atom is 0.389 e. The van der Waals surface area contributed by atoms with Crippen LogP contribution in [-0.4, -0.2) is 27.5 Å². The topological polar surface area (TPSA) is 42.7 Å². The molecular formula is C9H15F3N4. The molecule has 92 valence electrons. The first-order chi connectivity index (χ1) is 7.49. The van der Waals surface area contributed by atoms with Gasteiger partial charge in [-0.1, -0.05) is 0 Å². The number of hydrogen-bond donors (Lipinski definition) is 1. The molecule has 0 spiro atoms. The van der Waals surface area contributed by atoms with Gasteiger partial charge in [0.15, 0.2) is 0 Å². The highest BCUT2D eigenvalue weighted by Gasteiger charge is 2.25. The fourth-order valence-corrected chi connectivity index (χ4v) is 1.26. The highest BCUT2D eigenvalue weighted by molar-refractivity contribution is 4.81. The van der Waals surface area contributed by atoms with Gasteiger partial charge >= 0.3 is 6.18 Å². The van der Waals surface area contributed by atoms with Crippen LogP contribution in [0.25, 0.3) is 0 Å². The number of hydrogen-bond acceptors (Lipinski definition) is 3. The predicted molar refractivity (Wildman–Crippen MR) is 52.6 cm³/mol. The van der Waals surface area contributed by atoms with E-state index in [0.29, 0.717) is 19.5 Å². The number of aryl methyl sites for hydroxylation is 1. The van der Waals surface area contributed by atoms with Crippen LogP contribution in [0.5, 0.6) is 0 Å². The molecule has 0 fully saturated rings. The fourth-order valence-electron chi connectivity index (χ4n) is 1.26. The Labute approximate surface area is 91.9 Å². The summed E-state index contributed by atoms with van der Waals surface area (Å²) in [5.74, 6) is 0.774. The summed E-state index contributed by atoms with van der Waals surface area (Å²) in [4.78, 5) is 3.98. The third kappa shape index (κ3) is 5.11.